The van der Waals surface area contributed by atoms with Crippen LogP contribution in [0.15, 0.2) is 65.0 Å². The zero-order valence-corrected chi connectivity index (χ0v) is 17.2. The predicted molar refractivity (Wildman–Crippen MR) is 116 cm³/mol. The van der Waals surface area contributed by atoms with Gasteiger partial charge in [-0.25, -0.2) is 4.98 Å². The highest BCUT2D eigenvalue weighted by Crippen LogP contribution is 2.27. The highest BCUT2D eigenvalue weighted by molar-refractivity contribution is 7.09. The summed E-state index contributed by atoms with van der Waals surface area (Å²) >= 11 is 1.58. The van der Waals surface area contributed by atoms with Crippen LogP contribution in [0.1, 0.15) is 15.2 Å². The molecule has 2 aromatic carbocycles. The number of aromatic nitrogens is 2. The Morgan fingerprint density at radius 2 is 2.00 bits per heavy atom. The second-order valence-corrected chi connectivity index (χ2v) is 7.48. The summed E-state index contributed by atoms with van der Waals surface area (Å²) in [4.78, 5) is 31.0. The number of hydrogen-bond donors (Lipinski definition) is 1. The number of carbonyl (C=O) groups is 1. The number of fused-ring (bicyclic) bond motifs is 1. The van der Waals surface area contributed by atoms with Crippen LogP contribution in [0.4, 0.5) is 0 Å². The number of amides is 1. The minimum atomic E-state index is -0.267. The van der Waals surface area contributed by atoms with Crippen LogP contribution in [0.5, 0.6) is 11.5 Å². The third-order valence-electron chi connectivity index (χ3n) is 4.67. The molecule has 0 aliphatic rings. The fraction of sp³-hybridized carbons (Fsp3) is 0.136. The summed E-state index contributed by atoms with van der Waals surface area (Å²) in [5.74, 6) is 0.893. The van der Waals surface area contributed by atoms with Gasteiger partial charge in [-0.1, -0.05) is 6.07 Å². The molecule has 152 valence electrons. The first-order valence-corrected chi connectivity index (χ1v) is 10.0. The highest BCUT2D eigenvalue weighted by atomic mass is 32.1. The molecule has 0 bridgehead atoms. The summed E-state index contributed by atoms with van der Waals surface area (Å²) in [5, 5.41) is 5.24. The fourth-order valence-electron chi connectivity index (χ4n) is 3.10. The van der Waals surface area contributed by atoms with Crippen molar-refractivity contribution in [2.45, 2.75) is 6.54 Å². The summed E-state index contributed by atoms with van der Waals surface area (Å²) in [6, 6.07) is 14.0. The molecule has 0 atom stereocenters. The van der Waals surface area contributed by atoms with Gasteiger partial charge < -0.3 is 14.8 Å². The van der Waals surface area contributed by atoms with Gasteiger partial charge in [0.1, 0.15) is 17.8 Å². The van der Waals surface area contributed by atoms with Crippen LogP contribution in [0.2, 0.25) is 0 Å². The maximum atomic E-state index is 13.1. The summed E-state index contributed by atoms with van der Waals surface area (Å²) in [6.07, 6.45) is 1.43. The van der Waals surface area contributed by atoms with Gasteiger partial charge in [0.2, 0.25) is 0 Å². The van der Waals surface area contributed by atoms with Gasteiger partial charge >= 0.3 is 0 Å². The van der Waals surface area contributed by atoms with Crippen molar-refractivity contribution >= 4 is 28.1 Å². The smallest absolute Gasteiger partial charge is 0.265 e. The molecule has 0 aliphatic heterocycles. The van der Waals surface area contributed by atoms with E-state index in [4.69, 9.17) is 9.47 Å². The van der Waals surface area contributed by atoms with E-state index in [1.807, 2.05) is 17.5 Å². The van der Waals surface area contributed by atoms with Gasteiger partial charge in [0.15, 0.2) is 0 Å². The van der Waals surface area contributed by atoms with Crippen LogP contribution in [0.25, 0.3) is 16.6 Å². The molecule has 4 rings (SSSR count). The average molecular weight is 421 g/mol. The molecule has 4 aromatic rings. The van der Waals surface area contributed by atoms with E-state index in [1.165, 1.54) is 18.0 Å². The second kappa shape index (κ2) is 8.38. The van der Waals surface area contributed by atoms with E-state index in [-0.39, 0.29) is 11.5 Å². The van der Waals surface area contributed by atoms with E-state index in [0.29, 0.717) is 40.2 Å². The molecule has 8 heteroatoms. The monoisotopic (exact) mass is 421 g/mol. The Bertz CT molecular complexity index is 1270. The van der Waals surface area contributed by atoms with Crippen LogP contribution in [0, 0.1) is 0 Å². The fourth-order valence-corrected chi connectivity index (χ4v) is 3.75. The second-order valence-electron chi connectivity index (χ2n) is 6.45. The Morgan fingerprint density at radius 1 is 1.13 bits per heavy atom. The lowest BCUT2D eigenvalue weighted by Gasteiger charge is -2.13. The normalized spacial score (nSPS) is 10.7. The summed E-state index contributed by atoms with van der Waals surface area (Å²) < 4.78 is 12.0. The lowest BCUT2D eigenvalue weighted by Crippen LogP contribution is -2.23. The molecule has 7 nitrogen and oxygen atoms in total. The van der Waals surface area contributed by atoms with Gasteiger partial charge in [-0.05, 0) is 41.8 Å². The van der Waals surface area contributed by atoms with Gasteiger partial charge in [-0.15, -0.1) is 11.3 Å². The number of nitrogens with zero attached hydrogens (tertiary/aromatic N) is 2. The lowest BCUT2D eigenvalue weighted by molar-refractivity contribution is 0.0951. The molecule has 0 fully saturated rings. The van der Waals surface area contributed by atoms with Crippen molar-refractivity contribution in [3.63, 3.8) is 0 Å². The molecule has 0 saturated carbocycles. The Kier molecular flexibility index (Phi) is 5.49. The largest absolute Gasteiger partial charge is 0.497 e. The zero-order chi connectivity index (χ0) is 21.1. The number of rotatable bonds is 6. The molecule has 30 heavy (non-hydrogen) atoms. The minimum absolute atomic E-state index is 0.217. The summed E-state index contributed by atoms with van der Waals surface area (Å²) in [5.41, 5.74) is 1.15. The molecule has 2 aromatic heterocycles. The molecule has 0 spiro atoms. The van der Waals surface area contributed by atoms with Crippen molar-refractivity contribution in [1.29, 1.82) is 0 Å². The molecule has 1 N–H and O–H groups in total. The summed E-state index contributed by atoms with van der Waals surface area (Å²) in [6.45, 7) is 0.458. The topological polar surface area (TPSA) is 82.4 Å². The van der Waals surface area contributed by atoms with Gasteiger partial charge in [0.25, 0.3) is 11.5 Å². The van der Waals surface area contributed by atoms with Crippen molar-refractivity contribution in [2.75, 3.05) is 14.2 Å². The van der Waals surface area contributed by atoms with Crippen molar-refractivity contribution < 1.29 is 14.3 Å². The highest BCUT2D eigenvalue weighted by Gasteiger charge is 2.14. The zero-order valence-electron chi connectivity index (χ0n) is 16.4. The van der Waals surface area contributed by atoms with E-state index >= 15 is 0 Å². The number of carbonyl (C=O) groups excluding carboxylic acids is 1. The van der Waals surface area contributed by atoms with E-state index in [1.54, 1.807) is 54.8 Å². The van der Waals surface area contributed by atoms with Crippen LogP contribution in [-0.2, 0) is 6.54 Å². The maximum absolute atomic E-state index is 13.1. The predicted octanol–water partition coefficient (Wildman–Crippen LogP) is 3.39. The van der Waals surface area contributed by atoms with Crippen LogP contribution < -0.4 is 20.3 Å². The van der Waals surface area contributed by atoms with E-state index < -0.39 is 0 Å². The molecule has 0 radical (unpaired) electrons. The molecule has 0 unspecified atom stereocenters. The molecular formula is C22H19N3O4S. The number of ether oxygens (including phenoxy) is 2. The number of hydrogen-bond acceptors (Lipinski definition) is 6. The lowest BCUT2D eigenvalue weighted by atomic mass is 10.1. The first-order valence-electron chi connectivity index (χ1n) is 9.15. The van der Waals surface area contributed by atoms with Gasteiger partial charge in [0.05, 0.1) is 37.4 Å². The molecule has 0 saturated heterocycles. The first-order chi connectivity index (χ1) is 14.6. The first kappa shape index (κ1) is 19.7. The van der Waals surface area contributed by atoms with Crippen molar-refractivity contribution in [3.05, 3.63) is 81.0 Å². The molecule has 0 aliphatic carbocycles. The molecule has 1 amide bonds. The third kappa shape index (κ3) is 3.77. The SMILES string of the molecule is COc1ccc(OC)c(-n2cnc3cc(C(=O)NCc4cccs4)ccc3c2=O)c1. The quantitative estimate of drug-likeness (QED) is 0.516. The Balaban J connectivity index is 1.68. The molecule has 2 heterocycles. The average Bonchev–Trinajstić information content (AvgIpc) is 3.31. The number of benzene rings is 2. The van der Waals surface area contributed by atoms with Gasteiger partial charge in [-0.2, -0.15) is 0 Å². The minimum Gasteiger partial charge on any atom is -0.497 e. The van der Waals surface area contributed by atoms with Crippen LogP contribution >= 0.6 is 11.3 Å². The van der Waals surface area contributed by atoms with Crippen molar-refractivity contribution in [3.8, 4) is 17.2 Å². The van der Waals surface area contributed by atoms with Crippen LogP contribution in [0.3, 0.4) is 0 Å². The van der Waals surface area contributed by atoms with E-state index in [0.717, 1.165) is 4.88 Å². The van der Waals surface area contributed by atoms with E-state index in [2.05, 4.69) is 10.3 Å². The number of nitrogens with one attached hydrogen (secondary N) is 1. The van der Waals surface area contributed by atoms with Gasteiger partial charge in [-0.3, -0.25) is 14.2 Å². The van der Waals surface area contributed by atoms with Crippen LogP contribution in [-0.4, -0.2) is 29.7 Å². The van der Waals surface area contributed by atoms with Crippen molar-refractivity contribution in [2.24, 2.45) is 0 Å². The Labute approximate surface area is 176 Å². The Hall–Kier alpha value is -3.65. The molecular weight excluding hydrogens is 402 g/mol. The third-order valence-corrected chi connectivity index (χ3v) is 5.55. The maximum Gasteiger partial charge on any atom is 0.265 e. The van der Waals surface area contributed by atoms with E-state index in [9.17, 15) is 9.59 Å². The number of methoxy groups -OCH3 is 2. The summed E-state index contributed by atoms with van der Waals surface area (Å²) in [7, 11) is 3.09. The van der Waals surface area contributed by atoms with Gasteiger partial charge in [0, 0.05) is 16.5 Å². The van der Waals surface area contributed by atoms with Crippen molar-refractivity contribution in [1.82, 2.24) is 14.9 Å². The standard InChI is InChI=1S/C22H19N3O4S/c1-28-15-6-8-20(29-2)19(11-15)25-13-24-18-10-14(5-7-17(18)22(25)27)21(26)23-12-16-4-3-9-30-16/h3-11,13H,12H2,1-2H3,(H,23,26). The Morgan fingerprint density at radius 3 is 2.73 bits per heavy atom. The number of thiophene rings is 1.